The molecule has 4 rings (SSSR count). The maximum Gasteiger partial charge on any atom is 0.272 e. The van der Waals surface area contributed by atoms with Gasteiger partial charge in [0, 0.05) is 38.7 Å². The Morgan fingerprint density at radius 1 is 0.875 bits per heavy atom. The first kappa shape index (κ1) is 28.8. The molecule has 0 fully saturated rings. The summed E-state index contributed by atoms with van der Waals surface area (Å²) in [5.74, 6) is -0.989. The number of carbonyl (C=O) groups is 3. The first-order valence-corrected chi connectivity index (χ1v) is 14.2. The highest BCUT2D eigenvalue weighted by Gasteiger charge is 2.19. The van der Waals surface area contributed by atoms with Crippen molar-refractivity contribution in [3.05, 3.63) is 125 Å². The molecule has 0 saturated heterocycles. The van der Waals surface area contributed by atoms with Gasteiger partial charge in [0.05, 0.1) is 5.25 Å². The Morgan fingerprint density at radius 3 is 2.35 bits per heavy atom. The minimum Gasteiger partial charge on any atom is -0.325 e. The lowest BCUT2D eigenvalue weighted by molar-refractivity contribution is -0.116. The number of pyridine rings is 1. The predicted molar refractivity (Wildman–Crippen MR) is 164 cm³/mol. The van der Waals surface area contributed by atoms with Crippen molar-refractivity contribution < 1.29 is 14.4 Å². The van der Waals surface area contributed by atoms with E-state index in [1.165, 1.54) is 11.8 Å². The largest absolute Gasteiger partial charge is 0.325 e. The van der Waals surface area contributed by atoms with Gasteiger partial charge in [0.1, 0.15) is 5.70 Å². The van der Waals surface area contributed by atoms with Crippen molar-refractivity contribution in [1.82, 2.24) is 10.3 Å². The molecule has 4 aromatic rings. The number of hydrogen-bond donors (Lipinski definition) is 3. The molecule has 0 aliphatic rings. The van der Waals surface area contributed by atoms with Gasteiger partial charge in [-0.2, -0.15) is 0 Å². The van der Waals surface area contributed by atoms with Crippen molar-refractivity contribution in [1.29, 1.82) is 0 Å². The molecule has 0 radical (unpaired) electrons. The number of hydrogen-bond acceptors (Lipinski definition) is 5. The number of benzene rings is 3. The molecule has 0 aliphatic carbocycles. The number of rotatable bonds is 10. The number of anilines is 2. The number of thioether (sulfide) groups is 1. The van der Waals surface area contributed by atoms with Crippen LogP contribution >= 0.6 is 27.7 Å². The van der Waals surface area contributed by atoms with Gasteiger partial charge in [-0.1, -0.05) is 59.3 Å². The molecule has 0 spiro atoms. The third kappa shape index (κ3) is 8.39. The number of nitrogens with zero attached hydrogens (tertiary/aromatic N) is 1. The molecule has 1 aromatic heterocycles. The van der Waals surface area contributed by atoms with Crippen LogP contribution in [0.25, 0.3) is 6.08 Å². The van der Waals surface area contributed by atoms with E-state index in [-0.39, 0.29) is 16.9 Å². The molecule has 3 aromatic carbocycles. The molecule has 1 unspecified atom stereocenters. The zero-order chi connectivity index (χ0) is 28.3. The van der Waals surface area contributed by atoms with E-state index in [2.05, 4.69) is 36.9 Å². The van der Waals surface area contributed by atoms with Crippen LogP contribution in [0.4, 0.5) is 11.4 Å². The Morgan fingerprint density at radius 2 is 1.62 bits per heavy atom. The second-order valence-corrected chi connectivity index (χ2v) is 10.8. The van der Waals surface area contributed by atoms with Crippen molar-refractivity contribution in [2.45, 2.75) is 23.5 Å². The van der Waals surface area contributed by atoms with Crippen LogP contribution in [-0.2, 0) is 9.59 Å². The summed E-state index contributed by atoms with van der Waals surface area (Å²) in [5.41, 5.74) is 2.48. The van der Waals surface area contributed by atoms with E-state index in [0.717, 1.165) is 14.9 Å². The topological polar surface area (TPSA) is 100 Å². The lowest BCUT2D eigenvalue weighted by Crippen LogP contribution is -2.30. The first-order valence-electron chi connectivity index (χ1n) is 12.5. The molecule has 9 heteroatoms. The Kier molecular flexibility index (Phi) is 10.3. The van der Waals surface area contributed by atoms with E-state index in [4.69, 9.17) is 0 Å². The third-order valence-electron chi connectivity index (χ3n) is 5.67. The SMILES string of the molecule is CCC(Sc1cccc(NC(=O)/C(=C\c2cccc(Br)c2)NC(=O)c2ccccc2)c1)C(=O)Nc1ccncc1. The van der Waals surface area contributed by atoms with Gasteiger partial charge in [-0.15, -0.1) is 11.8 Å². The van der Waals surface area contributed by atoms with Crippen LogP contribution in [0, 0.1) is 0 Å². The molecule has 202 valence electrons. The van der Waals surface area contributed by atoms with Crippen molar-refractivity contribution in [3.63, 3.8) is 0 Å². The Bertz CT molecular complexity index is 1510. The van der Waals surface area contributed by atoms with Crippen molar-refractivity contribution in [2.24, 2.45) is 0 Å². The first-order chi connectivity index (χ1) is 19.4. The quantitative estimate of drug-likeness (QED) is 0.135. The zero-order valence-electron chi connectivity index (χ0n) is 21.6. The number of nitrogens with one attached hydrogen (secondary N) is 3. The van der Waals surface area contributed by atoms with Gasteiger partial charge in [0.2, 0.25) is 5.91 Å². The fourth-order valence-corrected chi connectivity index (χ4v) is 5.13. The summed E-state index contributed by atoms with van der Waals surface area (Å²) in [4.78, 5) is 43.9. The fraction of sp³-hybridized carbons (Fsp3) is 0.0968. The Balaban J connectivity index is 1.50. The molecule has 3 N–H and O–H groups in total. The molecule has 40 heavy (non-hydrogen) atoms. The van der Waals surface area contributed by atoms with Crippen LogP contribution in [-0.4, -0.2) is 28.0 Å². The minimum absolute atomic E-state index is 0.0909. The highest BCUT2D eigenvalue weighted by molar-refractivity contribution is 9.10. The van der Waals surface area contributed by atoms with E-state index in [1.54, 1.807) is 67.0 Å². The van der Waals surface area contributed by atoms with Crippen LogP contribution in [0.15, 0.2) is 118 Å². The van der Waals surface area contributed by atoms with Gasteiger partial charge in [0.25, 0.3) is 11.8 Å². The third-order valence-corrected chi connectivity index (χ3v) is 7.52. The predicted octanol–water partition coefficient (Wildman–Crippen LogP) is 6.76. The highest BCUT2D eigenvalue weighted by atomic mass is 79.9. The van der Waals surface area contributed by atoms with Crippen LogP contribution in [0.5, 0.6) is 0 Å². The second-order valence-electron chi connectivity index (χ2n) is 8.66. The summed E-state index contributed by atoms with van der Waals surface area (Å²) in [5, 5.41) is 8.20. The number of halogens is 1. The molecule has 7 nitrogen and oxygen atoms in total. The summed E-state index contributed by atoms with van der Waals surface area (Å²) in [7, 11) is 0. The lowest BCUT2D eigenvalue weighted by atomic mass is 10.1. The fourth-order valence-electron chi connectivity index (χ4n) is 3.70. The number of amides is 3. The van der Waals surface area contributed by atoms with Gasteiger partial charge < -0.3 is 16.0 Å². The average Bonchev–Trinajstić information content (AvgIpc) is 2.96. The van der Waals surface area contributed by atoms with E-state index in [1.807, 2.05) is 49.4 Å². The molecule has 0 aliphatic heterocycles. The molecule has 1 atom stereocenters. The van der Waals surface area contributed by atoms with Crippen molar-refractivity contribution in [3.8, 4) is 0 Å². The summed E-state index contributed by atoms with van der Waals surface area (Å²) in [6.07, 6.45) is 5.48. The molecule has 3 amide bonds. The number of aromatic nitrogens is 1. The molecular formula is C31H27BrN4O3S. The average molecular weight is 616 g/mol. The van der Waals surface area contributed by atoms with E-state index in [0.29, 0.717) is 23.4 Å². The van der Waals surface area contributed by atoms with Crippen LogP contribution in [0.3, 0.4) is 0 Å². The van der Waals surface area contributed by atoms with Crippen LogP contribution < -0.4 is 16.0 Å². The Hall–Kier alpha value is -4.21. The molecule has 0 saturated carbocycles. The van der Waals surface area contributed by atoms with Gasteiger partial charge in [-0.3, -0.25) is 19.4 Å². The smallest absolute Gasteiger partial charge is 0.272 e. The van der Waals surface area contributed by atoms with Gasteiger partial charge in [-0.25, -0.2) is 0 Å². The lowest BCUT2D eigenvalue weighted by Gasteiger charge is -2.16. The second kappa shape index (κ2) is 14.3. The van der Waals surface area contributed by atoms with Crippen LogP contribution in [0.2, 0.25) is 0 Å². The summed E-state index contributed by atoms with van der Waals surface area (Å²) < 4.78 is 0.846. The minimum atomic E-state index is -0.478. The molecule has 0 bridgehead atoms. The van der Waals surface area contributed by atoms with Gasteiger partial charge in [-0.05, 0) is 72.7 Å². The summed E-state index contributed by atoms with van der Waals surface area (Å²) >= 11 is 4.85. The van der Waals surface area contributed by atoms with E-state index >= 15 is 0 Å². The van der Waals surface area contributed by atoms with Crippen LogP contribution in [0.1, 0.15) is 29.3 Å². The zero-order valence-corrected chi connectivity index (χ0v) is 24.0. The normalized spacial score (nSPS) is 11.8. The monoisotopic (exact) mass is 614 g/mol. The highest BCUT2D eigenvalue weighted by Crippen LogP contribution is 2.29. The van der Waals surface area contributed by atoms with Crippen molar-refractivity contribution in [2.75, 3.05) is 10.6 Å². The molecular weight excluding hydrogens is 588 g/mol. The van der Waals surface area contributed by atoms with Gasteiger partial charge in [0.15, 0.2) is 0 Å². The van der Waals surface area contributed by atoms with Crippen molar-refractivity contribution >= 4 is 62.9 Å². The number of carbonyl (C=O) groups excluding carboxylic acids is 3. The van der Waals surface area contributed by atoms with E-state index < -0.39 is 11.8 Å². The summed E-state index contributed by atoms with van der Waals surface area (Å²) in [6, 6.07) is 26.9. The van der Waals surface area contributed by atoms with E-state index in [9.17, 15) is 14.4 Å². The summed E-state index contributed by atoms with van der Waals surface area (Å²) in [6.45, 7) is 1.95. The molecule has 1 heterocycles. The van der Waals surface area contributed by atoms with Gasteiger partial charge >= 0.3 is 0 Å². The standard InChI is InChI=1S/C31H27BrN4O3S/c1-2-28(31(39)34-24-14-16-33-17-15-24)40-26-13-7-12-25(20-26)35-30(38)27(19-21-8-6-11-23(32)18-21)36-29(37)22-9-4-3-5-10-22/h3-20,28H,2H2,1H3,(H,35,38)(H,36,37)(H,33,34,39)/b27-19+. The Labute approximate surface area is 245 Å². The maximum absolute atomic E-state index is 13.4. The maximum atomic E-state index is 13.4.